The maximum Gasteiger partial charge on any atom is 0.307 e. The Morgan fingerprint density at radius 3 is 2.43 bits per heavy atom. The fourth-order valence-electron chi connectivity index (χ4n) is 1.76. The van der Waals surface area contributed by atoms with Gasteiger partial charge in [0.15, 0.2) is 5.96 Å². The van der Waals surface area contributed by atoms with Crippen molar-refractivity contribution in [3.8, 4) is 0 Å². The maximum atomic E-state index is 11.3. The Balaban J connectivity index is 0. The molecule has 0 aromatic carbocycles. The van der Waals surface area contributed by atoms with Crippen molar-refractivity contribution in [3.05, 3.63) is 0 Å². The topological polar surface area (TPSA) is 76.7 Å². The van der Waals surface area contributed by atoms with E-state index in [1.807, 2.05) is 13.8 Å². The number of hydrogen-bond acceptors (Lipinski definition) is 3. The van der Waals surface area contributed by atoms with E-state index in [0.29, 0.717) is 18.9 Å². The van der Waals surface area contributed by atoms with Crippen molar-refractivity contribution < 1.29 is 9.53 Å². The van der Waals surface area contributed by atoms with Gasteiger partial charge in [-0.2, -0.15) is 0 Å². The molecule has 0 aliphatic rings. The van der Waals surface area contributed by atoms with Crippen LogP contribution < -0.4 is 11.1 Å². The number of nitrogens with zero attached hydrogens (tertiary/aromatic N) is 1. The molecule has 0 fully saturated rings. The van der Waals surface area contributed by atoms with Crippen molar-refractivity contribution in [2.45, 2.75) is 71.8 Å². The lowest BCUT2D eigenvalue weighted by atomic mass is 10.1. The molecule has 6 heteroatoms. The Morgan fingerprint density at radius 2 is 1.81 bits per heavy atom. The predicted octanol–water partition coefficient (Wildman–Crippen LogP) is 3.21. The number of nitrogens with two attached hydrogens (primary N) is 1. The first-order valence-corrected chi connectivity index (χ1v) is 7.79. The minimum Gasteiger partial charge on any atom is -0.463 e. The summed E-state index contributed by atoms with van der Waals surface area (Å²) in [5.74, 6) is 0.201. The first kappa shape index (κ1) is 22.7. The lowest BCUT2D eigenvalue weighted by Gasteiger charge is -2.08. The molecule has 0 heterocycles. The average molecular weight is 413 g/mol. The number of guanidine groups is 1. The number of unbranched alkanes of at least 4 members (excludes halogenated alkanes) is 5. The third-order valence-electron chi connectivity index (χ3n) is 2.80. The van der Waals surface area contributed by atoms with Crippen molar-refractivity contribution in [3.63, 3.8) is 0 Å². The summed E-state index contributed by atoms with van der Waals surface area (Å²) in [5.41, 5.74) is 5.71. The molecule has 0 rings (SSSR count). The molecule has 0 atom stereocenters. The van der Waals surface area contributed by atoms with Gasteiger partial charge in [-0.25, -0.2) is 0 Å². The van der Waals surface area contributed by atoms with Crippen molar-refractivity contribution in [1.29, 1.82) is 0 Å². The van der Waals surface area contributed by atoms with E-state index in [-0.39, 0.29) is 36.0 Å². The number of esters is 1. The molecule has 126 valence electrons. The molecule has 0 aliphatic carbocycles. The van der Waals surface area contributed by atoms with Crippen molar-refractivity contribution in [2.75, 3.05) is 13.1 Å². The number of carbonyl (C=O) groups excluding carboxylic acids is 1. The van der Waals surface area contributed by atoms with Crippen molar-refractivity contribution in [1.82, 2.24) is 5.32 Å². The fourth-order valence-corrected chi connectivity index (χ4v) is 1.76. The highest BCUT2D eigenvalue weighted by Crippen LogP contribution is 2.04. The van der Waals surface area contributed by atoms with Gasteiger partial charge in [0.25, 0.3) is 0 Å². The molecule has 0 spiro atoms. The SMILES string of the molecule is CCCCCCCCN=C(N)NCCC(=O)OC(C)C.I. The molecular weight excluding hydrogens is 381 g/mol. The predicted molar refractivity (Wildman–Crippen MR) is 99.1 cm³/mol. The van der Waals surface area contributed by atoms with Crippen LogP contribution in [0.2, 0.25) is 0 Å². The van der Waals surface area contributed by atoms with E-state index < -0.39 is 0 Å². The zero-order valence-electron chi connectivity index (χ0n) is 13.7. The largest absolute Gasteiger partial charge is 0.463 e. The van der Waals surface area contributed by atoms with Crippen LogP contribution in [0.4, 0.5) is 0 Å². The van der Waals surface area contributed by atoms with Gasteiger partial charge in [-0.05, 0) is 20.3 Å². The molecule has 0 aromatic rings. The van der Waals surface area contributed by atoms with Crippen LogP contribution in [-0.4, -0.2) is 31.1 Å². The molecule has 0 bridgehead atoms. The van der Waals surface area contributed by atoms with Crippen LogP contribution >= 0.6 is 24.0 Å². The average Bonchev–Trinajstić information content (AvgIpc) is 2.36. The van der Waals surface area contributed by atoms with Crippen LogP contribution in [0.1, 0.15) is 65.7 Å². The second-order valence-corrected chi connectivity index (χ2v) is 5.25. The Kier molecular flexibility index (Phi) is 17.2. The molecule has 21 heavy (non-hydrogen) atoms. The lowest BCUT2D eigenvalue weighted by Crippen LogP contribution is -2.33. The first-order valence-electron chi connectivity index (χ1n) is 7.79. The molecule has 0 saturated heterocycles. The quantitative estimate of drug-likeness (QED) is 0.179. The summed E-state index contributed by atoms with van der Waals surface area (Å²) in [6.07, 6.45) is 7.70. The third-order valence-corrected chi connectivity index (χ3v) is 2.80. The molecule has 3 N–H and O–H groups in total. The van der Waals surface area contributed by atoms with Gasteiger partial charge in [0, 0.05) is 13.1 Å². The second-order valence-electron chi connectivity index (χ2n) is 5.25. The molecule has 0 radical (unpaired) electrons. The number of aliphatic imine (C=N–C) groups is 1. The van der Waals surface area contributed by atoms with E-state index in [4.69, 9.17) is 10.5 Å². The Bertz CT molecular complexity index is 284. The van der Waals surface area contributed by atoms with E-state index in [1.165, 1.54) is 32.1 Å². The van der Waals surface area contributed by atoms with Crippen LogP contribution in [0.3, 0.4) is 0 Å². The fraction of sp³-hybridized carbons (Fsp3) is 0.867. The van der Waals surface area contributed by atoms with Gasteiger partial charge in [-0.15, -0.1) is 24.0 Å². The van der Waals surface area contributed by atoms with Gasteiger partial charge in [-0.3, -0.25) is 9.79 Å². The number of hydrogen-bond donors (Lipinski definition) is 2. The smallest absolute Gasteiger partial charge is 0.307 e. The second kappa shape index (κ2) is 15.9. The molecule has 0 aromatic heterocycles. The minimum absolute atomic E-state index is 0. The monoisotopic (exact) mass is 413 g/mol. The highest BCUT2D eigenvalue weighted by molar-refractivity contribution is 14.0. The van der Waals surface area contributed by atoms with Crippen molar-refractivity contribution >= 4 is 35.9 Å². The maximum absolute atomic E-state index is 11.3. The van der Waals surface area contributed by atoms with Crippen LogP contribution in [0.5, 0.6) is 0 Å². The summed E-state index contributed by atoms with van der Waals surface area (Å²) >= 11 is 0. The van der Waals surface area contributed by atoms with E-state index >= 15 is 0 Å². The Labute approximate surface area is 146 Å². The summed E-state index contributed by atoms with van der Waals surface area (Å²) in [5, 5.41) is 2.92. The van der Waals surface area contributed by atoms with Gasteiger partial charge in [0.05, 0.1) is 12.5 Å². The standard InChI is InChI=1S/C15H31N3O2.HI/c1-4-5-6-7-8-9-11-17-15(16)18-12-10-14(19)20-13(2)3;/h13H,4-12H2,1-3H3,(H3,16,17,18);1H. The number of halogens is 1. The van der Waals surface area contributed by atoms with Crippen LogP contribution in [0.15, 0.2) is 4.99 Å². The van der Waals surface area contributed by atoms with E-state index in [0.717, 1.165) is 13.0 Å². The minimum atomic E-state index is -0.212. The number of nitrogens with one attached hydrogen (secondary N) is 1. The molecular formula is C15H32IN3O2. The van der Waals surface area contributed by atoms with Gasteiger partial charge in [0.1, 0.15) is 0 Å². The molecule has 5 nitrogen and oxygen atoms in total. The summed E-state index contributed by atoms with van der Waals surface area (Å²) in [7, 11) is 0. The lowest BCUT2D eigenvalue weighted by molar-refractivity contribution is -0.147. The zero-order chi connectivity index (χ0) is 15.2. The van der Waals surface area contributed by atoms with Crippen LogP contribution in [0, 0.1) is 0 Å². The molecule has 0 unspecified atom stereocenters. The molecule has 0 amide bonds. The number of ether oxygens (including phenoxy) is 1. The van der Waals surface area contributed by atoms with Gasteiger partial charge >= 0.3 is 5.97 Å². The van der Waals surface area contributed by atoms with Crippen LogP contribution in [0.25, 0.3) is 0 Å². The van der Waals surface area contributed by atoms with E-state index in [1.54, 1.807) is 0 Å². The molecule has 0 saturated carbocycles. The van der Waals surface area contributed by atoms with Gasteiger partial charge in [-0.1, -0.05) is 39.0 Å². The highest BCUT2D eigenvalue weighted by Gasteiger charge is 2.04. The number of rotatable bonds is 11. The summed E-state index contributed by atoms with van der Waals surface area (Å²) in [4.78, 5) is 15.5. The van der Waals surface area contributed by atoms with Crippen LogP contribution in [-0.2, 0) is 9.53 Å². The normalized spacial score (nSPS) is 11.1. The van der Waals surface area contributed by atoms with E-state index in [2.05, 4.69) is 17.2 Å². The molecule has 0 aliphatic heterocycles. The Hall–Kier alpha value is -0.530. The summed E-state index contributed by atoms with van der Waals surface area (Å²) in [6, 6.07) is 0. The van der Waals surface area contributed by atoms with Gasteiger partial charge < -0.3 is 15.8 Å². The highest BCUT2D eigenvalue weighted by atomic mass is 127. The van der Waals surface area contributed by atoms with E-state index in [9.17, 15) is 4.79 Å². The van der Waals surface area contributed by atoms with Gasteiger partial charge in [0.2, 0.25) is 0 Å². The zero-order valence-corrected chi connectivity index (χ0v) is 16.0. The number of carbonyl (C=O) groups is 1. The summed E-state index contributed by atoms with van der Waals surface area (Å²) < 4.78 is 5.02. The first-order chi connectivity index (χ1) is 9.56. The third kappa shape index (κ3) is 17.4. The summed E-state index contributed by atoms with van der Waals surface area (Å²) in [6.45, 7) is 7.11. The Morgan fingerprint density at radius 1 is 1.19 bits per heavy atom. The van der Waals surface area contributed by atoms with Crippen molar-refractivity contribution in [2.24, 2.45) is 10.7 Å².